The van der Waals surface area contributed by atoms with E-state index in [0.29, 0.717) is 16.2 Å². The number of phenols is 1. The Bertz CT molecular complexity index is 3410. The van der Waals surface area contributed by atoms with Gasteiger partial charge in [0.15, 0.2) is 11.5 Å². The van der Waals surface area contributed by atoms with Gasteiger partial charge in [-0.25, -0.2) is 14.8 Å². The Morgan fingerprint density at radius 2 is 1.47 bits per heavy atom. The van der Waals surface area contributed by atoms with E-state index in [2.05, 4.69) is 53.0 Å². The van der Waals surface area contributed by atoms with Crippen LogP contribution in [0.1, 0.15) is 69.0 Å². The third kappa shape index (κ3) is 15.7. The van der Waals surface area contributed by atoms with Gasteiger partial charge in [-0.05, 0) is 87.8 Å². The number of nitrogens with two attached hydrogens (primary N) is 1. The summed E-state index contributed by atoms with van der Waals surface area (Å²) in [4.78, 5) is 111. The summed E-state index contributed by atoms with van der Waals surface area (Å²) in [6.07, 6.45) is -12.8. The molecule has 4 saturated heterocycles. The Labute approximate surface area is 533 Å². The van der Waals surface area contributed by atoms with Crippen molar-refractivity contribution < 1.29 is 98.0 Å². The van der Waals surface area contributed by atoms with Crippen LogP contribution in [-0.4, -0.2) is 236 Å². The number of rotatable bonds is 16. The minimum absolute atomic E-state index is 0.000205. The van der Waals surface area contributed by atoms with Crippen LogP contribution in [-0.2, 0) is 42.9 Å². The predicted octanol–water partition coefficient (Wildman–Crippen LogP) is -2.40. The van der Waals surface area contributed by atoms with Gasteiger partial charge in [-0.2, -0.15) is 5.10 Å². The summed E-state index contributed by atoms with van der Waals surface area (Å²) in [6, 6.07) is 5.48. The van der Waals surface area contributed by atoms with Gasteiger partial charge < -0.3 is 96.8 Å². The number of aliphatic hydroxyl groups is 7. The molecule has 34 heteroatoms. The van der Waals surface area contributed by atoms with Crippen molar-refractivity contribution in [2.75, 3.05) is 44.2 Å². The number of phenolic OH excluding ortho intramolecular Hbond substituents is 1. The number of hydrogen-bond acceptors (Lipinski definition) is 26. The lowest BCUT2D eigenvalue weighted by Gasteiger charge is -2.36. The SMILES string of the molecule is C[C@@H]1CN(c2ccc(-c3nn4cc(-c5ccc(C(=O)N[C@H]6C[C@H](O)CNC(=O)[C@@H]7[C@@H](O)[C@H](C)CN7C(=O)[C@H]([C@H](O)CCN)NC(=O)[C@H]([C@H](O)[C@@H](O)c7ccc(O)c(OSOOO)c7)NC(=O)[C@@H]7C[C@H](O)CN7C(=O)[C@H]([C@H](C)O)NC6=O)cc5)nc4s3)cc2)C[C@H](C)O1. The largest absolute Gasteiger partial charge is 0.504 e. The summed E-state index contributed by atoms with van der Waals surface area (Å²) in [5.41, 5.74) is 8.57. The number of benzene rings is 3. The molecule has 2 aromatic heterocycles. The number of anilines is 1. The Hall–Kier alpha value is -7.68. The maximum Gasteiger partial charge on any atom is 0.261 e. The second kappa shape index (κ2) is 29.9. The van der Waals surface area contributed by atoms with Crippen molar-refractivity contribution in [1.29, 1.82) is 0 Å². The van der Waals surface area contributed by atoms with Gasteiger partial charge in [0.05, 0.1) is 54.6 Å². The first-order chi connectivity index (χ1) is 43.8. The van der Waals surface area contributed by atoms with Crippen LogP contribution < -0.4 is 41.4 Å². The van der Waals surface area contributed by atoms with Crippen LogP contribution in [0.3, 0.4) is 0 Å². The Balaban J connectivity index is 0.985. The zero-order chi connectivity index (χ0) is 66.4. The minimum atomic E-state index is -2.46. The van der Waals surface area contributed by atoms with Gasteiger partial charge in [0.1, 0.15) is 53.5 Å². The summed E-state index contributed by atoms with van der Waals surface area (Å²) < 4.78 is 16.8. The fraction of sp³-hybridized carbons (Fsp3) is 0.500. The zero-order valence-electron chi connectivity index (χ0n) is 50.1. The molecule has 0 spiro atoms. The quantitative estimate of drug-likeness (QED) is 0.0212. The van der Waals surface area contributed by atoms with E-state index in [1.165, 1.54) is 30.4 Å². The summed E-state index contributed by atoms with van der Waals surface area (Å²) >= 11 is 1.38. The number of fused-ring (bicyclic) bond motifs is 3. The van der Waals surface area contributed by atoms with Crippen LogP contribution in [0.5, 0.6) is 11.5 Å². The molecule has 9 rings (SSSR count). The molecular formula is C58H74N12O20S2. The molecule has 0 bridgehead atoms. The summed E-state index contributed by atoms with van der Waals surface area (Å²) in [5, 5.41) is 120. The second-order valence-electron chi connectivity index (χ2n) is 23.3. The van der Waals surface area contributed by atoms with Crippen LogP contribution in [0, 0.1) is 5.92 Å². The number of nitrogens with one attached hydrogen (secondary N) is 5. The van der Waals surface area contributed by atoms with Crippen molar-refractivity contribution in [2.24, 2.45) is 11.7 Å². The van der Waals surface area contributed by atoms with Crippen molar-refractivity contribution in [1.82, 2.24) is 51.0 Å². The molecule has 7 amide bonds. The Morgan fingerprint density at radius 1 is 0.804 bits per heavy atom. The zero-order valence-corrected chi connectivity index (χ0v) is 51.8. The molecule has 0 saturated carbocycles. The molecule has 5 aromatic rings. The van der Waals surface area contributed by atoms with E-state index in [9.17, 15) is 74.4 Å². The predicted molar refractivity (Wildman–Crippen MR) is 325 cm³/mol. The first-order valence-corrected chi connectivity index (χ1v) is 31.0. The topological polar surface area (TPSA) is 465 Å². The highest BCUT2D eigenvalue weighted by atomic mass is 32.2. The van der Waals surface area contributed by atoms with E-state index in [-0.39, 0.29) is 55.2 Å². The normalized spacial score (nSPS) is 27.8. The Morgan fingerprint density at radius 3 is 2.13 bits per heavy atom. The highest BCUT2D eigenvalue weighted by molar-refractivity contribution is 7.90. The number of aromatic nitrogens is 3. The molecule has 0 radical (unpaired) electrons. The van der Waals surface area contributed by atoms with E-state index < -0.39 is 164 Å². The number of ether oxygens (including phenoxy) is 1. The highest BCUT2D eigenvalue weighted by Crippen LogP contribution is 2.35. The molecule has 92 heavy (non-hydrogen) atoms. The second-order valence-corrected chi connectivity index (χ2v) is 24.7. The van der Waals surface area contributed by atoms with Crippen LogP contribution in [0.4, 0.5) is 5.69 Å². The number of imidazole rings is 1. The van der Waals surface area contributed by atoms with Crippen molar-refractivity contribution in [2.45, 2.75) is 138 Å². The smallest absolute Gasteiger partial charge is 0.261 e. The summed E-state index contributed by atoms with van der Waals surface area (Å²) in [6.45, 7) is 6.29. The van der Waals surface area contributed by atoms with Crippen molar-refractivity contribution in [3.63, 3.8) is 0 Å². The fourth-order valence-electron chi connectivity index (χ4n) is 11.6. The van der Waals surface area contributed by atoms with Gasteiger partial charge in [0.2, 0.25) is 40.4 Å². The molecule has 4 fully saturated rings. The molecule has 4 aliphatic rings. The minimum Gasteiger partial charge on any atom is -0.504 e. The maximum atomic E-state index is 14.7. The molecule has 16 N–H and O–H groups in total. The number of nitrogens with zero attached hydrogens (tertiary/aromatic N) is 6. The lowest BCUT2D eigenvalue weighted by Crippen LogP contribution is -2.64. The number of aromatic hydroxyl groups is 1. The summed E-state index contributed by atoms with van der Waals surface area (Å²) in [7, 11) is 0. The third-order valence-electron chi connectivity index (χ3n) is 16.4. The molecule has 0 unspecified atom stereocenters. The fourth-order valence-corrected chi connectivity index (χ4v) is 12.8. The number of morpholine rings is 1. The molecule has 32 nitrogen and oxygen atoms in total. The van der Waals surface area contributed by atoms with E-state index in [1.54, 1.807) is 22.8 Å². The van der Waals surface area contributed by atoms with Crippen LogP contribution >= 0.6 is 23.7 Å². The van der Waals surface area contributed by atoms with Gasteiger partial charge in [0.25, 0.3) is 18.2 Å². The van der Waals surface area contributed by atoms with Gasteiger partial charge >= 0.3 is 0 Å². The van der Waals surface area contributed by atoms with E-state index in [1.807, 2.05) is 26.0 Å². The average molecular weight is 1320 g/mol. The van der Waals surface area contributed by atoms with E-state index in [0.717, 1.165) is 64.3 Å². The van der Waals surface area contributed by atoms with Crippen LogP contribution in [0.15, 0.2) is 72.9 Å². The van der Waals surface area contributed by atoms with Crippen molar-refractivity contribution in [3.8, 4) is 33.3 Å². The lowest BCUT2D eigenvalue weighted by atomic mass is 9.96. The average Bonchev–Trinajstić information content (AvgIpc) is 1.64. The molecule has 3 aromatic carbocycles. The number of β-amino-alcohol motifs (C(OH)–C–C–N with tert-alkyl or cyclic N) is 1. The van der Waals surface area contributed by atoms with Gasteiger partial charge in [0, 0.05) is 73.9 Å². The van der Waals surface area contributed by atoms with Crippen molar-refractivity contribution in [3.05, 3.63) is 84.1 Å². The van der Waals surface area contributed by atoms with Gasteiger partial charge in [-0.1, -0.05) is 45.8 Å². The molecular weight excluding hydrogens is 1250 g/mol. The number of amides is 7. The first-order valence-electron chi connectivity index (χ1n) is 29.5. The molecule has 16 atom stereocenters. The lowest BCUT2D eigenvalue weighted by molar-refractivity contribution is -0.433. The molecule has 4 aliphatic heterocycles. The van der Waals surface area contributed by atoms with Crippen molar-refractivity contribution >= 4 is 75.7 Å². The number of carbonyl (C=O) groups excluding carboxylic acids is 7. The van der Waals surface area contributed by atoms with Crippen LogP contribution in [0.2, 0.25) is 0 Å². The monoisotopic (exact) mass is 1320 g/mol. The van der Waals surface area contributed by atoms with Gasteiger partial charge in [-0.15, -0.1) is 0 Å². The molecule has 0 aliphatic carbocycles. The Kier molecular flexibility index (Phi) is 22.4. The highest BCUT2D eigenvalue weighted by Gasteiger charge is 2.50. The number of hydrogen-bond donors (Lipinski definition) is 15. The number of aliphatic hydroxyl groups excluding tert-OH is 7. The third-order valence-corrected chi connectivity index (χ3v) is 17.7. The van der Waals surface area contributed by atoms with E-state index >= 15 is 0 Å². The molecule has 498 valence electrons. The summed E-state index contributed by atoms with van der Waals surface area (Å²) in [5.74, 6) is -10.1. The van der Waals surface area contributed by atoms with Gasteiger partial charge in [-0.3, -0.25) is 33.6 Å². The maximum absolute atomic E-state index is 14.7. The standard InChI is InChI=1S/C58H74N12O20S2/c1-26-21-69-46(47(26)76)54(83)60-20-35(72)18-37(61-50(79)31-7-5-30(6-8-31)38-25-70-58(62-38)91-55(66-70)32-9-12-34(13-10-32)67-22-27(2)87-28(3)23-67)51(80)63-43(29(4)71)56(84)68-24-36(73)19-39(68)52(81)65-45(53(82)64-44(57(69)85)41(75)15-16-59)49(78)48(77)33-11-14-40(74)42(17-33)88-92-90-89-86/h5-14,17,25-29,35-37,39,41,43-49,71-78,86H,15-16,18-24,59H2,1-4H3,(H,60,83)(H,61,79)(H,63,80)(H,64,82)(H,65,81)/t26-,27-,28+,29+,35+,36+,37+,39+,41-,43+,44+,45+,46+,47+,48+,49+/m1/s1. The number of carbonyl (C=O) groups is 7. The first kappa shape index (κ1) is 68.7. The molecule has 6 heterocycles. The van der Waals surface area contributed by atoms with E-state index in [4.69, 9.17) is 30.0 Å². The van der Waals surface area contributed by atoms with Crippen LogP contribution in [0.25, 0.3) is 26.8 Å².